The Hall–Kier alpha value is -1.90. The monoisotopic (exact) mass is 436 g/mol. The molecule has 2 aromatic carbocycles. The van der Waals surface area contributed by atoms with Crippen LogP contribution in [0.4, 0.5) is 4.39 Å². The van der Waals surface area contributed by atoms with Gasteiger partial charge in [-0.25, -0.2) is 17.5 Å². The van der Waals surface area contributed by atoms with Gasteiger partial charge in [-0.1, -0.05) is 30.3 Å². The summed E-state index contributed by atoms with van der Waals surface area (Å²) in [4.78, 5) is 14.6. The second-order valence-electron chi connectivity index (χ2n) is 7.11. The molecule has 29 heavy (non-hydrogen) atoms. The first-order chi connectivity index (χ1) is 13.8. The number of nitrogens with one attached hydrogen (secondary N) is 1. The maximum Gasteiger partial charge on any atom is 0.240 e. The number of benzene rings is 2. The number of hydrogen-bond acceptors (Lipinski definition) is 4. The fourth-order valence-electron chi connectivity index (χ4n) is 3.24. The maximum atomic E-state index is 13.0. The van der Waals surface area contributed by atoms with E-state index >= 15 is 0 Å². The van der Waals surface area contributed by atoms with E-state index in [0.29, 0.717) is 25.9 Å². The number of carbonyl (C=O) groups excluding carboxylic acids is 1. The van der Waals surface area contributed by atoms with Crippen molar-refractivity contribution < 1.29 is 17.6 Å². The van der Waals surface area contributed by atoms with Gasteiger partial charge in [0.2, 0.25) is 15.9 Å². The van der Waals surface area contributed by atoms with Gasteiger partial charge in [0, 0.05) is 24.9 Å². The molecule has 1 saturated heterocycles. The number of thioether (sulfide) groups is 1. The average Bonchev–Trinajstić information content (AvgIpc) is 2.73. The molecule has 1 aliphatic heterocycles. The molecule has 156 valence electrons. The van der Waals surface area contributed by atoms with Gasteiger partial charge in [-0.15, -0.1) is 11.8 Å². The topological polar surface area (TPSA) is 66.5 Å². The Morgan fingerprint density at radius 2 is 1.76 bits per heavy atom. The van der Waals surface area contributed by atoms with E-state index in [1.807, 2.05) is 42.2 Å². The molecule has 1 heterocycles. The largest absolute Gasteiger partial charge is 0.342 e. The highest BCUT2D eigenvalue weighted by atomic mass is 32.2. The number of nitrogens with zero attached hydrogens (tertiary/aromatic N) is 1. The molecule has 0 saturated carbocycles. The van der Waals surface area contributed by atoms with E-state index < -0.39 is 15.8 Å². The number of likely N-dealkylation sites (tertiary alicyclic amines) is 1. The molecule has 0 aliphatic carbocycles. The SMILES string of the molecule is CC(SCc1ccccc1)C(=O)N1CCC(NS(=O)(=O)c2ccc(F)cc2)CC1. The molecule has 1 fully saturated rings. The Bertz CT molecular complexity index is 913. The summed E-state index contributed by atoms with van der Waals surface area (Å²) in [6, 6.07) is 14.6. The normalized spacial score (nSPS) is 16.6. The minimum absolute atomic E-state index is 0.0448. The van der Waals surface area contributed by atoms with E-state index in [-0.39, 0.29) is 22.1 Å². The minimum Gasteiger partial charge on any atom is -0.342 e. The lowest BCUT2D eigenvalue weighted by molar-refractivity contribution is -0.131. The van der Waals surface area contributed by atoms with Gasteiger partial charge in [0.05, 0.1) is 10.1 Å². The first-order valence-electron chi connectivity index (χ1n) is 9.57. The second kappa shape index (κ2) is 9.73. The van der Waals surface area contributed by atoms with Crippen LogP contribution in [0.5, 0.6) is 0 Å². The third-order valence-corrected chi connectivity index (χ3v) is 7.68. The van der Waals surface area contributed by atoms with E-state index in [1.54, 1.807) is 11.8 Å². The summed E-state index contributed by atoms with van der Waals surface area (Å²) < 4.78 is 40.6. The zero-order valence-corrected chi connectivity index (χ0v) is 17.9. The molecular weight excluding hydrogens is 411 g/mol. The van der Waals surface area contributed by atoms with Gasteiger partial charge in [0.25, 0.3) is 0 Å². The van der Waals surface area contributed by atoms with Crippen molar-refractivity contribution in [2.45, 2.75) is 41.7 Å². The average molecular weight is 437 g/mol. The smallest absolute Gasteiger partial charge is 0.240 e. The van der Waals surface area contributed by atoms with Crippen LogP contribution >= 0.6 is 11.8 Å². The number of piperidine rings is 1. The van der Waals surface area contributed by atoms with Gasteiger partial charge in [0.1, 0.15) is 5.82 Å². The third-order valence-electron chi connectivity index (χ3n) is 4.94. The van der Waals surface area contributed by atoms with Gasteiger partial charge < -0.3 is 4.90 Å². The molecule has 0 radical (unpaired) electrons. The first kappa shape index (κ1) is 21.8. The van der Waals surface area contributed by atoms with Gasteiger partial charge in [0.15, 0.2) is 0 Å². The Balaban J connectivity index is 1.48. The number of halogens is 1. The summed E-state index contributed by atoms with van der Waals surface area (Å²) >= 11 is 1.61. The molecule has 1 atom stereocenters. The molecule has 1 N–H and O–H groups in total. The summed E-state index contributed by atoms with van der Waals surface area (Å²) in [7, 11) is -3.69. The molecule has 2 aromatic rings. The van der Waals surface area contributed by atoms with Gasteiger partial charge in [-0.3, -0.25) is 4.79 Å². The van der Waals surface area contributed by atoms with E-state index in [0.717, 1.165) is 17.9 Å². The molecule has 0 bridgehead atoms. The van der Waals surface area contributed by atoms with Crippen molar-refractivity contribution in [2.24, 2.45) is 0 Å². The lowest BCUT2D eigenvalue weighted by Gasteiger charge is -2.33. The molecule has 0 aromatic heterocycles. The lowest BCUT2D eigenvalue weighted by atomic mass is 10.1. The number of sulfonamides is 1. The summed E-state index contributed by atoms with van der Waals surface area (Å²) in [6.45, 7) is 2.95. The first-order valence-corrected chi connectivity index (χ1v) is 12.1. The van der Waals surface area contributed by atoms with E-state index in [4.69, 9.17) is 0 Å². The number of carbonyl (C=O) groups is 1. The molecule has 8 heteroatoms. The van der Waals surface area contributed by atoms with Crippen LogP contribution in [0.15, 0.2) is 59.5 Å². The zero-order valence-electron chi connectivity index (χ0n) is 16.3. The van der Waals surface area contributed by atoms with Crippen LogP contribution in [-0.2, 0) is 20.6 Å². The van der Waals surface area contributed by atoms with Gasteiger partial charge in [-0.2, -0.15) is 0 Å². The summed E-state index contributed by atoms with van der Waals surface area (Å²) in [6.07, 6.45) is 1.12. The molecule has 0 spiro atoms. The van der Waals surface area contributed by atoms with Crippen molar-refractivity contribution in [3.8, 4) is 0 Å². The van der Waals surface area contributed by atoms with Crippen molar-refractivity contribution >= 4 is 27.7 Å². The number of hydrogen-bond donors (Lipinski definition) is 1. The van der Waals surface area contributed by atoms with Crippen LogP contribution < -0.4 is 4.72 Å². The molecule has 1 amide bonds. The fraction of sp³-hybridized carbons (Fsp3) is 0.381. The van der Waals surface area contributed by atoms with Gasteiger partial charge >= 0.3 is 0 Å². The zero-order chi connectivity index (χ0) is 20.9. The highest BCUT2D eigenvalue weighted by Gasteiger charge is 2.28. The van der Waals surface area contributed by atoms with Crippen LogP contribution in [-0.4, -0.2) is 43.6 Å². The summed E-state index contributed by atoms with van der Waals surface area (Å²) in [5.41, 5.74) is 1.19. The maximum absolute atomic E-state index is 13.0. The minimum atomic E-state index is -3.69. The number of amides is 1. The van der Waals surface area contributed by atoms with Crippen molar-refractivity contribution in [3.63, 3.8) is 0 Å². The predicted octanol–water partition coefficient (Wildman–Crippen LogP) is 3.42. The van der Waals surface area contributed by atoms with Crippen LogP contribution in [0.2, 0.25) is 0 Å². The molecule has 5 nitrogen and oxygen atoms in total. The Kier molecular flexibility index (Phi) is 7.32. The lowest BCUT2D eigenvalue weighted by Crippen LogP contribution is -2.48. The second-order valence-corrected chi connectivity index (χ2v) is 10.2. The summed E-state index contributed by atoms with van der Waals surface area (Å²) in [5, 5.41) is -0.150. The van der Waals surface area contributed by atoms with Gasteiger partial charge in [-0.05, 0) is 49.6 Å². The fourth-order valence-corrected chi connectivity index (χ4v) is 5.47. The van der Waals surface area contributed by atoms with E-state index in [1.165, 1.54) is 17.7 Å². The highest BCUT2D eigenvalue weighted by Crippen LogP contribution is 2.22. The standard InChI is InChI=1S/C21H25FN2O3S2/c1-16(28-15-17-5-3-2-4-6-17)21(25)24-13-11-19(12-14-24)23-29(26,27)20-9-7-18(22)8-10-20/h2-10,16,19,23H,11-15H2,1H3. The Labute approximate surface area is 175 Å². The molecule has 1 unspecified atom stereocenters. The quantitative estimate of drug-likeness (QED) is 0.722. The number of rotatable bonds is 7. The van der Waals surface area contributed by atoms with Crippen LogP contribution in [0.3, 0.4) is 0 Å². The predicted molar refractivity (Wildman–Crippen MR) is 114 cm³/mol. The van der Waals surface area contributed by atoms with Crippen molar-refractivity contribution in [2.75, 3.05) is 13.1 Å². The Morgan fingerprint density at radius 3 is 2.38 bits per heavy atom. The van der Waals surface area contributed by atoms with Crippen LogP contribution in [0, 0.1) is 5.82 Å². The van der Waals surface area contributed by atoms with E-state index in [2.05, 4.69) is 4.72 Å². The highest BCUT2D eigenvalue weighted by molar-refractivity contribution is 7.99. The summed E-state index contributed by atoms with van der Waals surface area (Å²) in [5.74, 6) is 0.391. The van der Waals surface area contributed by atoms with E-state index in [9.17, 15) is 17.6 Å². The van der Waals surface area contributed by atoms with Crippen molar-refractivity contribution in [1.82, 2.24) is 9.62 Å². The molecule has 3 rings (SSSR count). The van der Waals surface area contributed by atoms with Crippen LogP contribution in [0.25, 0.3) is 0 Å². The third kappa shape index (κ3) is 6.04. The van der Waals surface area contributed by atoms with Crippen molar-refractivity contribution in [3.05, 3.63) is 66.0 Å². The van der Waals surface area contributed by atoms with Crippen molar-refractivity contribution in [1.29, 1.82) is 0 Å². The molecular formula is C21H25FN2O3S2. The van der Waals surface area contributed by atoms with Crippen LogP contribution in [0.1, 0.15) is 25.3 Å². The molecule has 1 aliphatic rings. The Morgan fingerprint density at radius 1 is 1.14 bits per heavy atom.